The Kier molecular flexibility index (Phi) is 4.05. The van der Waals surface area contributed by atoms with Crippen molar-refractivity contribution in [3.8, 4) is 0 Å². The van der Waals surface area contributed by atoms with E-state index in [4.69, 9.17) is 5.11 Å². The molecule has 1 aromatic carbocycles. The van der Waals surface area contributed by atoms with E-state index in [1.165, 1.54) is 29.2 Å². The van der Waals surface area contributed by atoms with Crippen LogP contribution in [0.2, 0.25) is 0 Å². The first kappa shape index (κ1) is 14.5. The second kappa shape index (κ2) is 5.59. The molecule has 0 unspecified atom stereocenters. The molecule has 2 N–H and O–H groups in total. The van der Waals surface area contributed by atoms with Gasteiger partial charge in [-0.1, -0.05) is 6.07 Å². The van der Waals surface area contributed by atoms with Gasteiger partial charge in [-0.3, -0.25) is 9.40 Å². The van der Waals surface area contributed by atoms with E-state index in [9.17, 15) is 12.8 Å². The maximum absolute atomic E-state index is 13.4. The van der Waals surface area contributed by atoms with Crippen LogP contribution in [0.3, 0.4) is 0 Å². The number of anilines is 1. The van der Waals surface area contributed by atoms with E-state index in [2.05, 4.69) is 9.82 Å². The maximum Gasteiger partial charge on any atom is 0.265 e. The molecule has 0 spiro atoms. The topological polar surface area (TPSA) is 84.2 Å². The number of sulfonamides is 1. The highest BCUT2D eigenvalue weighted by Crippen LogP contribution is 2.18. The smallest absolute Gasteiger partial charge is 0.265 e. The van der Waals surface area contributed by atoms with Gasteiger partial charge in [-0.05, 0) is 24.6 Å². The lowest BCUT2D eigenvalue weighted by atomic mass is 10.2. The van der Waals surface area contributed by atoms with Crippen molar-refractivity contribution in [2.45, 2.75) is 18.4 Å². The van der Waals surface area contributed by atoms with Crippen molar-refractivity contribution in [2.24, 2.45) is 0 Å². The Labute approximate surface area is 115 Å². The first-order valence-electron chi connectivity index (χ1n) is 5.84. The summed E-state index contributed by atoms with van der Waals surface area (Å²) in [4.78, 5) is -0.0491. The van der Waals surface area contributed by atoms with Gasteiger partial charge in [0.25, 0.3) is 10.0 Å². The predicted octanol–water partition coefficient (Wildman–Crippen LogP) is 1.12. The third-order valence-corrected chi connectivity index (χ3v) is 4.01. The van der Waals surface area contributed by atoms with E-state index >= 15 is 0 Å². The van der Waals surface area contributed by atoms with E-state index in [1.807, 2.05) is 0 Å². The van der Waals surface area contributed by atoms with Crippen molar-refractivity contribution in [1.29, 1.82) is 0 Å². The summed E-state index contributed by atoms with van der Waals surface area (Å²) in [5.74, 6) is -0.485. The second-order valence-electron chi connectivity index (χ2n) is 4.23. The Morgan fingerprint density at radius 2 is 2.20 bits per heavy atom. The van der Waals surface area contributed by atoms with Gasteiger partial charge in [0.2, 0.25) is 0 Å². The van der Waals surface area contributed by atoms with Crippen molar-refractivity contribution in [1.82, 2.24) is 9.78 Å². The largest absolute Gasteiger partial charge is 0.394 e. The molecule has 20 heavy (non-hydrogen) atoms. The molecule has 0 bridgehead atoms. The van der Waals surface area contributed by atoms with Crippen molar-refractivity contribution < 1.29 is 17.9 Å². The molecule has 0 aliphatic heterocycles. The molecule has 0 fully saturated rings. The summed E-state index contributed by atoms with van der Waals surface area (Å²) < 4.78 is 41.1. The third kappa shape index (κ3) is 3.14. The summed E-state index contributed by atoms with van der Waals surface area (Å²) in [6.45, 7) is 1.65. The van der Waals surface area contributed by atoms with Gasteiger partial charge >= 0.3 is 0 Å². The quantitative estimate of drug-likeness (QED) is 0.866. The first-order valence-corrected chi connectivity index (χ1v) is 7.33. The number of aliphatic hydroxyl groups is 1. The molecule has 2 aromatic rings. The van der Waals surface area contributed by atoms with E-state index in [1.54, 1.807) is 6.92 Å². The number of aromatic nitrogens is 2. The zero-order valence-electron chi connectivity index (χ0n) is 10.7. The predicted molar refractivity (Wildman–Crippen MR) is 71.3 cm³/mol. The standard InChI is InChI=1S/C12H14FN3O3S/c1-9-2-3-10(6-12(9)13)15-20(18,19)11-7-14-16(8-11)4-5-17/h2-3,6-8,15,17H,4-5H2,1H3. The molecule has 1 heterocycles. The molecule has 0 atom stereocenters. The van der Waals surface area contributed by atoms with Gasteiger partial charge in [0, 0.05) is 6.20 Å². The van der Waals surface area contributed by atoms with Crippen LogP contribution in [0.1, 0.15) is 5.56 Å². The molecule has 0 aliphatic rings. The second-order valence-corrected chi connectivity index (χ2v) is 5.91. The Balaban J connectivity index is 2.23. The average Bonchev–Trinajstić information content (AvgIpc) is 2.83. The first-order chi connectivity index (χ1) is 9.42. The van der Waals surface area contributed by atoms with Gasteiger partial charge in [-0.2, -0.15) is 5.10 Å². The minimum Gasteiger partial charge on any atom is -0.394 e. The highest BCUT2D eigenvalue weighted by atomic mass is 32.2. The van der Waals surface area contributed by atoms with Crippen LogP contribution in [0.4, 0.5) is 10.1 Å². The number of aryl methyl sites for hydroxylation is 1. The number of nitrogens with zero attached hydrogens (tertiary/aromatic N) is 2. The molecule has 8 heteroatoms. The molecule has 0 aliphatic carbocycles. The highest BCUT2D eigenvalue weighted by Gasteiger charge is 2.17. The number of rotatable bonds is 5. The fraction of sp³-hybridized carbons (Fsp3) is 0.250. The molecule has 0 radical (unpaired) electrons. The number of hydrogen-bond acceptors (Lipinski definition) is 4. The van der Waals surface area contributed by atoms with Crippen LogP contribution in [0.25, 0.3) is 0 Å². The summed E-state index contributed by atoms with van der Waals surface area (Å²) in [5.41, 5.74) is 0.576. The van der Waals surface area contributed by atoms with Crippen molar-refractivity contribution in [2.75, 3.05) is 11.3 Å². The van der Waals surface area contributed by atoms with Gasteiger partial charge in [0.1, 0.15) is 10.7 Å². The van der Waals surface area contributed by atoms with Crippen LogP contribution >= 0.6 is 0 Å². The Bertz CT molecular complexity index is 712. The molecule has 0 saturated carbocycles. The lowest BCUT2D eigenvalue weighted by Crippen LogP contribution is -2.12. The average molecular weight is 299 g/mol. The zero-order valence-corrected chi connectivity index (χ0v) is 11.6. The fourth-order valence-electron chi connectivity index (χ4n) is 1.58. The molecule has 2 rings (SSSR count). The lowest BCUT2D eigenvalue weighted by Gasteiger charge is -2.07. The van der Waals surface area contributed by atoms with Gasteiger partial charge in [0.15, 0.2) is 0 Å². The molecular weight excluding hydrogens is 285 g/mol. The molecular formula is C12H14FN3O3S. The Morgan fingerprint density at radius 1 is 1.45 bits per heavy atom. The van der Waals surface area contributed by atoms with Gasteiger partial charge in [-0.25, -0.2) is 12.8 Å². The SMILES string of the molecule is Cc1ccc(NS(=O)(=O)c2cnn(CCO)c2)cc1F. The third-order valence-electron chi connectivity index (χ3n) is 2.67. The van der Waals surface area contributed by atoms with Crippen molar-refractivity contribution >= 4 is 15.7 Å². The number of nitrogens with one attached hydrogen (secondary N) is 1. The maximum atomic E-state index is 13.4. The van der Waals surface area contributed by atoms with E-state index in [0.29, 0.717) is 5.56 Å². The van der Waals surface area contributed by atoms with Gasteiger partial charge < -0.3 is 5.11 Å². The molecule has 0 amide bonds. The van der Waals surface area contributed by atoms with Crippen LogP contribution in [-0.4, -0.2) is 29.9 Å². The number of benzene rings is 1. The monoisotopic (exact) mass is 299 g/mol. The van der Waals surface area contributed by atoms with Crippen molar-refractivity contribution in [3.63, 3.8) is 0 Å². The van der Waals surface area contributed by atoms with E-state index in [-0.39, 0.29) is 23.7 Å². The minimum absolute atomic E-state index is 0.0491. The summed E-state index contributed by atoms with van der Waals surface area (Å²) in [6, 6.07) is 4.08. The molecule has 1 aromatic heterocycles. The van der Waals surface area contributed by atoms with E-state index in [0.717, 1.165) is 6.07 Å². The van der Waals surface area contributed by atoms with Crippen LogP contribution in [0.5, 0.6) is 0 Å². The number of hydrogen-bond donors (Lipinski definition) is 2. The Morgan fingerprint density at radius 3 is 2.85 bits per heavy atom. The van der Waals surface area contributed by atoms with Crippen LogP contribution < -0.4 is 4.72 Å². The summed E-state index contributed by atoms with van der Waals surface area (Å²) in [5, 5.41) is 12.6. The summed E-state index contributed by atoms with van der Waals surface area (Å²) >= 11 is 0. The molecule has 108 valence electrons. The Hall–Kier alpha value is -1.93. The van der Waals surface area contributed by atoms with Crippen LogP contribution in [-0.2, 0) is 16.6 Å². The fourth-order valence-corrected chi connectivity index (χ4v) is 2.58. The normalized spacial score (nSPS) is 11.6. The molecule has 0 saturated heterocycles. The summed E-state index contributed by atoms with van der Waals surface area (Å²) in [6.07, 6.45) is 2.46. The van der Waals surface area contributed by atoms with Gasteiger partial charge in [-0.15, -0.1) is 0 Å². The number of halogens is 1. The minimum atomic E-state index is -3.82. The summed E-state index contributed by atoms with van der Waals surface area (Å²) in [7, 11) is -3.82. The zero-order chi connectivity index (χ0) is 14.8. The lowest BCUT2D eigenvalue weighted by molar-refractivity contribution is 0.269. The van der Waals surface area contributed by atoms with Crippen molar-refractivity contribution in [3.05, 3.63) is 42.0 Å². The number of aliphatic hydroxyl groups excluding tert-OH is 1. The highest BCUT2D eigenvalue weighted by molar-refractivity contribution is 7.92. The van der Waals surface area contributed by atoms with Gasteiger partial charge in [0.05, 0.1) is 25.0 Å². The van der Waals surface area contributed by atoms with Crippen LogP contribution in [0, 0.1) is 12.7 Å². The van der Waals surface area contributed by atoms with Crippen LogP contribution in [0.15, 0.2) is 35.5 Å². The van der Waals surface area contributed by atoms with E-state index < -0.39 is 15.8 Å². The molecule has 6 nitrogen and oxygen atoms in total.